The van der Waals surface area contributed by atoms with Crippen LogP contribution in [0.5, 0.6) is 0 Å². The SMILES string of the molecule is CCC1NCc2c(F)cccc21. The van der Waals surface area contributed by atoms with Gasteiger partial charge >= 0.3 is 0 Å². The summed E-state index contributed by atoms with van der Waals surface area (Å²) in [6.45, 7) is 2.79. The Labute approximate surface area is 71.6 Å². The lowest BCUT2D eigenvalue weighted by atomic mass is 10.0. The van der Waals surface area contributed by atoms with Crippen molar-refractivity contribution in [2.75, 3.05) is 0 Å². The van der Waals surface area contributed by atoms with Gasteiger partial charge in [-0.15, -0.1) is 0 Å². The number of benzene rings is 1. The van der Waals surface area contributed by atoms with Crippen LogP contribution >= 0.6 is 0 Å². The van der Waals surface area contributed by atoms with Gasteiger partial charge in [0.1, 0.15) is 5.82 Å². The van der Waals surface area contributed by atoms with Gasteiger partial charge in [0.2, 0.25) is 0 Å². The Kier molecular flexibility index (Phi) is 1.85. The van der Waals surface area contributed by atoms with Crippen molar-refractivity contribution < 1.29 is 4.39 Å². The summed E-state index contributed by atoms with van der Waals surface area (Å²) in [4.78, 5) is 0. The second-order valence-corrected chi connectivity index (χ2v) is 3.15. The fraction of sp³-hybridized carbons (Fsp3) is 0.400. The number of rotatable bonds is 1. The quantitative estimate of drug-likeness (QED) is 0.673. The maximum absolute atomic E-state index is 13.2. The molecule has 0 bridgehead atoms. The molecule has 0 saturated heterocycles. The molecule has 1 nitrogen and oxygen atoms in total. The van der Waals surface area contributed by atoms with Crippen molar-refractivity contribution in [1.82, 2.24) is 5.32 Å². The molecule has 2 heteroatoms. The lowest BCUT2D eigenvalue weighted by molar-refractivity contribution is 0.562. The molecular weight excluding hydrogens is 153 g/mol. The highest BCUT2D eigenvalue weighted by molar-refractivity contribution is 5.34. The molecular formula is C10H12FN. The van der Waals surface area contributed by atoms with E-state index in [9.17, 15) is 4.39 Å². The molecule has 0 aromatic heterocycles. The van der Waals surface area contributed by atoms with Crippen LogP contribution in [0.4, 0.5) is 4.39 Å². The maximum Gasteiger partial charge on any atom is 0.128 e. The number of hydrogen-bond donors (Lipinski definition) is 1. The first-order valence-corrected chi connectivity index (χ1v) is 4.33. The van der Waals surface area contributed by atoms with E-state index in [4.69, 9.17) is 0 Å². The van der Waals surface area contributed by atoms with Gasteiger partial charge in [-0.1, -0.05) is 19.1 Å². The van der Waals surface area contributed by atoms with E-state index in [2.05, 4.69) is 12.2 Å². The van der Waals surface area contributed by atoms with Crippen LogP contribution in [0.3, 0.4) is 0 Å². The smallest absolute Gasteiger partial charge is 0.128 e. The molecule has 0 fully saturated rings. The Morgan fingerprint density at radius 2 is 2.42 bits per heavy atom. The van der Waals surface area contributed by atoms with E-state index in [0.717, 1.165) is 17.5 Å². The van der Waals surface area contributed by atoms with Crippen LogP contribution < -0.4 is 5.32 Å². The highest BCUT2D eigenvalue weighted by Gasteiger charge is 2.21. The first-order chi connectivity index (χ1) is 5.83. The minimum atomic E-state index is -0.0732. The minimum Gasteiger partial charge on any atom is -0.306 e. The summed E-state index contributed by atoms with van der Waals surface area (Å²) in [5, 5.41) is 3.27. The van der Waals surface area contributed by atoms with Crippen LogP contribution in [0.15, 0.2) is 18.2 Å². The van der Waals surface area contributed by atoms with E-state index < -0.39 is 0 Å². The third kappa shape index (κ3) is 1.03. The molecule has 1 atom stereocenters. The van der Waals surface area contributed by atoms with E-state index in [1.165, 1.54) is 6.07 Å². The van der Waals surface area contributed by atoms with Crippen LogP contribution in [0.1, 0.15) is 30.5 Å². The molecule has 1 aromatic rings. The van der Waals surface area contributed by atoms with Gasteiger partial charge < -0.3 is 5.32 Å². The van der Waals surface area contributed by atoms with Crippen LogP contribution in [0.25, 0.3) is 0 Å². The summed E-state index contributed by atoms with van der Waals surface area (Å²) in [6.07, 6.45) is 1.02. The largest absolute Gasteiger partial charge is 0.306 e. The molecule has 0 aliphatic carbocycles. The Hall–Kier alpha value is -0.890. The van der Waals surface area contributed by atoms with Crippen molar-refractivity contribution in [3.05, 3.63) is 35.1 Å². The second kappa shape index (κ2) is 2.87. The van der Waals surface area contributed by atoms with Gasteiger partial charge in [0.15, 0.2) is 0 Å². The Morgan fingerprint density at radius 1 is 1.58 bits per heavy atom. The third-order valence-corrected chi connectivity index (χ3v) is 2.46. The zero-order chi connectivity index (χ0) is 8.55. The normalized spacial score (nSPS) is 21.0. The van der Waals surface area contributed by atoms with Crippen LogP contribution in [0, 0.1) is 5.82 Å². The highest BCUT2D eigenvalue weighted by atomic mass is 19.1. The van der Waals surface area contributed by atoms with Crippen molar-refractivity contribution in [3.63, 3.8) is 0 Å². The van der Waals surface area contributed by atoms with Crippen molar-refractivity contribution in [2.45, 2.75) is 25.9 Å². The summed E-state index contributed by atoms with van der Waals surface area (Å²) in [5.41, 5.74) is 1.99. The van der Waals surface area contributed by atoms with Crippen LogP contribution in [0.2, 0.25) is 0 Å². The number of fused-ring (bicyclic) bond motifs is 1. The number of hydrogen-bond acceptors (Lipinski definition) is 1. The van der Waals surface area contributed by atoms with Gasteiger partial charge in [-0.05, 0) is 18.1 Å². The molecule has 1 unspecified atom stereocenters. The van der Waals surface area contributed by atoms with Crippen molar-refractivity contribution in [2.24, 2.45) is 0 Å². The molecule has 64 valence electrons. The highest BCUT2D eigenvalue weighted by Crippen LogP contribution is 2.28. The first-order valence-electron chi connectivity index (χ1n) is 4.33. The summed E-state index contributed by atoms with van der Waals surface area (Å²) >= 11 is 0. The van der Waals surface area contributed by atoms with Gasteiger partial charge in [-0.3, -0.25) is 0 Å². The predicted octanol–water partition coefficient (Wildman–Crippen LogP) is 2.38. The third-order valence-electron chi connectivity index (χ3n) is 2.46. The maximum atomic E-state index is 13.2. The molecule has 0 saturated carbocycles. The van der Waals surface area contributed by atoms with E-state index in [1.54, 1.807) is 6.07 Å². The zero-order valence-electron chi connectivity index (χ0n) is 7.10. The summed E-state index contributed by atoms with van der Waals surface area (Å²) < 4.78 is 13.2. The molecule has 1 aromatic carbocycles. The topological polar surface area (TPSA) is 12.0 Å². The van der Waals surface area contributed by atoms with Gasteiger partial charge in [-0.25, -0.2) is 4.39 Å². The zero-order valence-corrected chi connectivity index (χ0v) is 7.10. The van der Waals surface area contributed by atoms with Crippen LogP contribution in [-0.2, 0) is 6.54 Å². The monoisotopic (exact) mass is 165 g/mol. The summed E-state index contributed by atoms with van der Waals surface area (Å²) in [6, 6.07) is 5.67. The van der Waals surface area contributed by atoms with E-state index >= 15 is 0 Å². The lowest BCUT2D eigenvalue weighted by Gasteiger charge is -2.07. The average Bonchev–Trinajstić information content (AvgIpc) is 2.49. The van der Waals surface area contributed by atoms with E-state index in [-0.39, 0.29) is 5.82 Å². The van der Waals surface area contributed by atoms with Gasteiger partial charge in [-0.2, -0.15) is 0 Å². The van der Waals surface area contributed by atoms with Crippen LogP contribution in [-0.4, -0.2) is 0 Å². The number of nitrogens with one attached hydrogen (secondary N) is 1. The van der Waals surface area contributed by atoms with Crippen molar-refractivity contribution in [1.29, 1.82) is 0 Å². The molecule has 1 aliphatic heterocycles. The molecule has 1 N–H and O–H groups in total. The predicted molar refractivity (Wildman–Crippen MR) is 46.3 cm³/mol. The lowest BCUT2D eigenvalue weighted by Crippen LogP contribution is -2.10. The Morgan fingerprint density at radius 3 is 3.17 bits per heavy atom. The average molecular weight is 165 g/mol. The Balaban J connectivity index is 2.46. The fourth-order valence-electron chi connectivity index (χ4n) is 1.79. The molecule has 0 spiro atoms. The second-order valence-electron chi connectivity index (χ2n) is 3.15. The molecule has 12 heavy (non-hydrogen) atoms. The molecule has 1 heterocycles. The standard InChI is InChI=1S/C10H12FN/c1-2-10-7-4-3-5-9(11)8(7)6-12-10/h3-5,10,12H,2,6H2,1H3. The Bertz CT molecular complexity index is 296. The fourth-order valence-corrected chi connectivity index (χ4v) is 1.79. The summed E-state index contributed by atoms with van der Waals surface area (Å²) in [5.74, 6) is -0.0732. The minimum absolute atomic E-state index is 0.0732. The molecule has 0 amide bonds. The molecule has 0 radical (unpaired) electrons. The van der Waals surface area contributed by atoms with E-state index in [0.29, 0.717) is 12.6 Å². The van der Waals surface area contributed by atoms with Gasteiger partial charge in [0.25, 0.3) is 0 Å². The van der Waals surface area contributed by atoms with Crippen molar-refractivity contribution >= 4 is 0 Å². The van der Waals surface area contributed by atoms with Gasteiger partial charge in [0, 0.05) is 18.2 Å². The van der Waals surface area contributed by atoms with E-state index in [1.807, 2.05) is 6.07 Å². The number of halogens is 1. The first kappa shape index (κ1) is 7.74. The van der Waals surface area contributed by atoms with Gasteiger partial charge in [0.05, 0.1) is 0 Å². The molecule has 1 aliphatic rings. The molecule has 2 rings (SSSR count). The summed E-state index contributed by atoms with van der Waals surface area (Å²) in [7, 11) is 0. The van der Waals surface area contributed by atoms with Crippen molar-refractivity contribution in [3.8, 4) is 0 Å².